The predicted molar refractivity (Wildman–Crippen MR) is 94.8 cm³/mol. The minimum Gasteiger partial charge on any atom is -0.497 e. The third-order valence-corrected chi connectivity index (χ3v) is 4.59. The minimum absolute atomic E-state index is 0.152. The zero-order valence-corrected chi connectivity index (χ0v) is 14.5. The van der Waals surface area contributed by atoms with Gasteiger partial charge in [0.2, 0.25) is 0 Å². The van der Waals surface area contributed by atoms with E-state index in [0.29, 0.717) is 18.7 Å². The van der Waals surface area contributed by atoms with Crippen LogP contribution >= 0.6 is 0 Å². The van der Waals surface area contributed by atoms with Crippen molar-refractivity contribution in [2.45, 2.75) is 19.1 Å². The number of hydrogen-bond donors (Lipinski definition) is 1. The smallest absolute Gasteiger partial charge is 0.410 e. The molecule has 0 bridgehead atoms. The van der Waals surface area contributed by atoms with Gasteiger partial charge in [-0.1, -0.05) is 42.5 Å². The number of ether oxygens (including phenoxy) is 2. The molecule has 2 aromatic carbocycles. The van der Waals surface area contributed by atoms with Crippen molar-refractivity contribution in [1.82, 2.24) is 4.90 Å². The second-order valence-corrected chi connectivity index (χ2v) is 6.19. The average Bonchev–Trinajstić information content (AvgIpc) is 3.12. The van der Waals surface area contributed by atoms with Crippen molar-refractivity contribution in [2.75, 3.05) is 13.7 Å². The number of carbonyl (C=O) groups excluding carboxylic acids is 1. The van der Waals surface area contributed by atoms with Gasteiger partial charge in [0.1, 0.15) is 12.4 Å². The van der Waals surface area contributed by atoms with Gasteiger partial charge >= 0.3 is 12.1 Å². The first-order valence-electron chi connectivity index (χ1n) is 8.44. The van der Waals surface area contributed by atoms with Gasteiger partial charge in [0.05, 0.1) is 19.1 Å². The van der Waals surface area contributed by atoms with Crippen LogP contribution in [0, 0.1) is 5.92 Å². The summed E-state index contributed by atoms with van der Waals surface area (Å²) in [5.41, 5.74) is 1.61. The fraction of sp³-hybridized carbons (Fsp3) is 0.300. The molecule has 0 saturated carbocycles. The van der Waals surface area contributed by atoms with Crippen molar-refractivity contribution < 1.29 is 24.2 Å². The zero-order chi connectivity index (χ0) is 18.5. The number of aliphatic carboxylic acids is 1. The standard InChI is InChI=1S/C20H21NO5/c1-25-16-9-5-8-15(12-16)18-17(19(22)23)10-11-21(18)20(24)26-13-14-6-3-2-4-7-14/h2-9,12,17-18H,10-11,13H2,1H3,(H,22,23). The number of likely N-dealkylation sites (tertiary alicyclic amines) is 1. The van der Waals surface area contributed by atoms with Crippen LogP contribution in [0.25, 0.3) is 0 Å². The number of hydrogen-bond acceptors (Lipinski definition) is 4. The van der Waals surface area contributed by atoms with E-state index in [1.54, 1.807) is 25.3 Å². The number of methoxy groups -OCH3 is 1. The monoisotopic (exact) mass is 355 g/mol. The summed E-state index contributed by atoms with van der Waals surface area (Å²) in [5, 5.41) is 9.57. The van der Waals surface area contributed by atoms with Gasteiger partial charge in [-0.25, -0.2) is 4.79 Å². The number of carboxylic acids is 1. The van der Waals surface area contributed by atoms with Crippen LogP contribution < -0.4 is 4.74 Å². The first kappa shape index (κ1) is 17.8. The molecule has 1 N–H and O–H groups in total. The van der Waals surface area contributed by atoms with E-state index < -0.39 is 24.0 Å². The van der Waals surface area contributed by atoms with Crippen LogP contribution in [0.4, 0.5) is 4.79 Å². The van der Waals surface area contributed by atoms with E-state index in [1.165, 1.54) is 4.90 Å². The molecule has 1 saturated heterocycles. The molecule has 1 aliphatic heterocycles. The molecule has 0 spiro atoms. The largest absolute Gasteiger partial charge is 0.497 e. The van der Waals surface area contributed by atoms with Crippen molar-refractivity contribution >= 4 is 12.1 Å². The van der Waals surface area contributed by atoms with Gasteiger partial charge in [-0.15, -0.1) is 0 Å². The van der Waals surface area contributed by atoms with Crippen LogP contribution in [0.5, 0.6) is 5.75 Å². The molecule has 2 aromatic rings. The molecular weight excluding hydrogens is 334 g/mol. The van der Waals surface area contributed by atoms with Crippen molar-refractivity contribution in [1.29, 1.82) is 0 Å². The van der Waals surface area contributed by atoms with Crippen LogP contribution in [0.1, 0.15) is 23.6 Å². The molecule has 2 unspecified atom stereocenters. The second-order valence-electron chi connectivity index (χ2n) is 6.19. The Morgan fingerprint density at radius 3 is 2.62 bits per heavy atom. The normalized spacial score (nSPS) is 19.2. The summed E-state index contributed by atoms with van der Waals surface area (Å²) in [6.45, 7) is 0.491. The average molecular weight is 355 g/mol. The molecule has 0 aromatic heterocycles. The zero-order valence-electron chi connectivity index (χ0n) is 14.5. The topological polar surface area (TPSA) is 76.1 Å². The summed E-state index contributed by atoms with van der Waals surface area (Å²) in [7, 11) is 1.55. The summed E-state index contributed by atoms with van der Waals surface area (Å²) in [5.74, 6) is -0.973. The van der Waals surface area contributed by atoms with E-state index in [9.17, 15) is 14.7 Å². The first-order chi connectivity index (χ1) is 12.6. The van der Waals surface area contributed by atoms with Crippen LogP contribution in [0.2, 0.25) is 0 Å². The van der Waals surface area contributed by atoms with Crippen molar-refractivity contribution in [2.24, 2.45) is 5.92 Å². The molecule has 136 valence electrons. The number of benzene rings is 2. The molecule has 6 heteroatoms. The van der Waals surface area contributed by atoms with Crippen molar-refractivity contribution in [3.8, 4) is 5.75 Å². The van der Waals surface area contributed by atoms with Gasteiger partial charge in [-0.2, -0.15) is 0 Å². The third-order valence-electron chi connectivity index (χ3n) is 4.59. The Bertz CT molecular complexity index is 777. The molecule has 1 amide bonds. The van der Waals surface area contributed by atoms with Gasteiger partial charge in [0.25, 0.3) is 0 Å². The van der Waals surface area contributed by atoms with Crippen LogP contribution in [0.15, 0.2) is 54.6 Å². The summed E-state index contributed by atoms with van der Waals surface area (Å²) in [6, 6.07) is 16.0. The molecule has 6 nitrogen and oxygen atoms in total. The highest BCUT2D eigenvalue weighted by Crippen LogP contribution is 2.39. The van der Waals surface area contributed by atoms with Crippen LogP contribution in [-0.2, 0) is 16.1 Å². The summed E-state index contributed by atoms with van der Waals surface area (Å²) < 4.78 is 10.6. The van der Waals surface area contributed by atoms with Gasteiger partial charge < -0.3 is 19.5 Å². The van der Waals surface area contributed by atoms with E-state index in [2.05, 4.69) is 0 Å². The Morgan fingerprint density at radius 2 is 1.92 bits per heavy atom. The maximum atomic E-state index is 12.6. The second kappa shape index (κ2) is 7.91. The fourth-order valence-electron chi connectivity index (χ4n) is 3.30. The lowest BCUT2D eigenvalue weighted by Gasteiger charge is -2.27. The predicted octanol–water partition coefficient (Wildman–Crippen LogP) is 3.48. The third kappa shape index (κ3) is 3.79. The molecular formula is C20H21NO5. The quantitative estimate of drug-likeness (QED) is 0.889. The maximum absolute atomic E-state index is 12.6. The number of carbonyl (C=O) groups is 2. The summed E-state index contributed by atoms with van der Waals surface area (Å²) >= 11 is 0. The Labute approximate surface area is 152 Å². The molecule has 3 rings (SSSR count). The van der Waals surface area contributed by atoms with Crippen LogP contribution in [-0.4, -0.2) is 35.7 Å². The Hall–Kier alpha value is -3.02. The fourth-order valence-corrected chi connectivity index (χ4v) is 3.30. The van der Waals surface area contributed by atoms with E-state index in [1.807, 2.05) is 36.4 Å². The molecule has 0 aliphatic carbocycles. The summed E-state index contributed by atoms with van der Waals surface area (Å²) in [6.07, 6.45) is -0.122. The SMILES string of the molecule is COc1cccc(C2C(C(=O)O)CCN2C(=O)OCc2ccccc2)c1. The van der Waals surface area contributed by atoms with Crippen molar-refractivity contribution in [3.63, 3.8) is 0 Å². The molecule has 0 radical (unpaired) electrons. The van der Waals surface area contributed by atoms with E-state index in [-0.39, 0.29) is 6.61 Å². The van der Waals surface area contributed by atoms with Crippen molar-refractivity contribution in [3.05, 3.63) is 65.7 Å². The molecule has 1 aliphatic rings. The van der Waals surface area contributed by atoms with Crippen LogP contribution in [0.3, 0.4) is 0 Å². The lowest BCUT2D eigenvalue weighted by molar-refractivity contribution is -0.142. The van der Waals surface area contributed by atoms with E-state index in [0.717, 1.165) is 11.1 Å². The van der Waals surface area contributed by atoms with Gasteiger partial charge in [-0.3, -0.25) is 4.79 Å². The highest BCUT2D eigenvalue weighted by atomic mass is 16.6. The lowest BCUT2D eigenvalue weighted by atomic mass is 9.94. The Kier molecular flexibility index (Phi) is 5.41. The number of nitrogens with zero attached hydrogens (tertiary/aromatic N) is 1. The molecule has 2 atom stereocenters. The molecule has 1 heterocycles. The lowest BCUT2D eigenvalue weighted by Crippen LogP contribution is -2.34. The van der Waals surface area contributed by atoms with E-state index >= 15 is 0 Å². The minimum atomic E-state index is -0.920. The number of carboxylic acid groups (broad SMARTS) is 1. The Balaban J connectivity index is 1.79. The number of amides is 1. The van der Waals surface area contributed by atoms with Gasteiger partial charge in [0, 0.05) is 6.54 Å². The molecule has 1 fully saturated rings. The first-order valence-corrected chi connectivity index (χ1v) is 8.44. The summed E-state index contributed by atoms with van der Waals surface area (Å²) in [4.78, 5) is 25.8. The maximum Gasteiger partial charge on any atom is 0.410 e. The van der Waals surface area contributed by atoms with E-state index in [4.69, 9.17) is 9.47 Å². The van der Waals surface area contributed by atoms with Gasteiger partial charge in [-0.05, 0) is 29.7 Å². The molecule has 26 heavy (non-hydrogen) atoms. The highest BCUT2D eigenvalue weighted by molar-refractivity contribution is 5.76. The van der Waals surface area contributed by atoms with Gasteiger partial charge in [0.15, 0.2) is 0 Å². The Morgan fingerprint density at radius 1 is 1.15 bits per heavy atom. The number of rotatable bonds is 5. The highest BCUT2D eigenvalue weighted by Gasteiger charge is 2.43.